The Labute approximate surface area is 152 Å². The lowest BCUT2D eigenvalue weighted by molar-refractivity contribution is 0.0635. The van der Waals surface area contributed by atoms with E-state index in [1.165, 1.54) is 0 Å². The van der Waals surface area contributed by atoms with Crippen molar-refractivity contribution in [2.75, 3.05) is 10.6 Å². The number of nitrogens with one attached hydrogen (secondary N) is 2. The minimum atomic E-state index is -0.600. The summed E-state index contributed by atoms with van der Waals surface area (Å²) in [5, 5.41) is 14.1. The SMILES string of the molecule is CC(C)(C)OC(=O)Nc1cccc(C(=O)Nc2ccc(CC#N)cc2)c1. The second kappa shape index (κ2) is 8.17. The molecule has 0 aliphatic carbocycles. The Morgan fingerprint density at radius 3 is 2.35 bits per heavy atom. The van der Waals surface area contributed by atoms with Gasteiger partial charge in [0.15, 0.2) is 0 Å². The maximum absolute atomic E-state index is 12.4. The molecule has 0 aliphatic rings. The fraction of sp³-hybridized carbons (Fsp3) is 0.250. The van der Waals surface area contributed by atoms with Gasteiger partial charge in [-0.3, -0.25) is 10.1 Å². The van der Waals surface area contributed by atoms with Crippen LogP contribution in [-0.2, 0) is 11.2 Å². The molecule has 0 saturated heterocycles. The summed E-state index contributed by atoms with van der Waals surface area (Å²) in [4.78, 5) is 24.2. The van der Waals surface area contributed by atoms with E-state index in [9.17, 15) is 9.59 Å². The van der Waals surface area contributed by atoms with Gasteiger partial charge < -0.3 is 10.1 Å². The third kappa shape index (κ3) is 5.95. The number of nitriles is 1. The lowest BCUT2D eigenvalue weighted by Gasteiger charge is -2.19. The zero-order valence-electron chi connectivity index (χ0n) is 15.0. The van der Waals surface area contributed by atoms with Crippen molar-refractivity contribution in [3.05, 3.63) is 59.7 Å². The van der Waals surface area contributed by atoms with Gasteiger partial charge in [-0.05, 0) is 56.7 Å². The highest BCUT2D eigenvalue weighted by Crippen LogP contribution is 2.16. The van der Waals surface area contributed by atoms with Crippen molar-refractivity contribution in [2.45, 2.75) is 32.8 Å². The van der Waals surface area contributed by atoms with Gasteiger partial charge in [-0.15, -0.1) is 0 Å². The van der Waals surface area contributed by atoms with Crippen LogP contribution in [0.5, 0.6) is 0 Å². The molecule has 2 aromatic rings. The molecule has 0 atom stereocenters. The van der Waals surface area contributed by atoms with Gasteiger partial charge in [-0.25, -0.2) is 4.79 Å². The molecule has 6 heteroatoms. The Bertz CT molecular complexity index is 831. The first-order valence-corrected chi connectivity index (χ1v) is 8.14. The second-order valence-corrected chi connectivity index (χ2v) is 6.69. The van der Waals surface area contributed by atoms with Crippen molar-refractivity contribution < 1.29 is 14.3 Å². The van der Waals surface area contributed by atoms with Crippen LogP contribution in [0.1, 0.15) is 36.7 Å². The minimum Gasteiger partial charge on any atom is -0.444 e. The summed E-state index contributed by atoms with van der Waals surface area (Å²) in [7, 11) is 0. The summed E-state index contributed by atoms with van der Waals surface area (Å²) in [5.41, 5.74) is 1.78. The van der Waals surface area contributed by atoms with Gasteiger partial charge in [0.1, 0.15) is 5.60 Å². The zero-order valence-corrected chi connectivity index (χ0v) is 15.0. The summed E-state index contributed by atoms with van der Waals surface area (Å²) in [6.45, 7) is 5.33. The van der Waals surface area contributed by atoms with E-state index in [2.05, 4.69) is 16.7 Å². The van der Waals surface area contributed by atoms with E-state index in [4.69, 9.17) is 10.00 Å². The first kappa shape index (κ1) is 19.0. The van der Waals surface area contributed by atoms with Gasteiger partial charge in [-0.2, -0.15) is 5.26 Å². The molecule has 0 heterocycles. The van der Waals surface area contributed by atoms with Crippen molar-refractivity contribution >= 4 is 23.4 Å². The monoisotopic (exact) mass is 351 g/mol. The van der Waals surface area contributed by atoms with Crippen LogP contribution in [0.4, 0.5) is 16.2 Å². The smallest absolute Gasteiger partial charge is 0.412 e. The third-order valence-electron chi connectivity index (χ3n) is 3.27. The Kier molecular flexibility index (Phi) is 5.97. The van der Waals surface area contributed by atoms with Crippen LogP contribution in [0.15, 0.2) is 48.5 Å². The third-order valence-corrected chi connectivity index (χ3v) is 3.27. The maximum Gasteiger partial charge on any atom is 0.412 e. The largest absolute Gasteiger partial charge is 0.444 e. The van der Waals surface area contributed by atoms with Crippen LogP contribution in [0.3, 0.4) is 0 Å². The number of hydrogen-bond donors (Lipinski definition) is 2. The summed E-state index contributed by atoms with van der Waals surface area (Å²) in [6, 6.07) is 15.7. The lowest BCUT2D eigenvalue weighted by Crippen LogP contribution is -2.27. The molecule has 0 bridgehead atoms. The van der Waals surface area contributed by atoms with Crippen LogP contribution in [0.2, 0.25) is 0 Å². The van der Waals surface area contributed by atoms with Crippen molar-refractivity contribution in [2.24, 2.45) is 0 Å². The maximum atomic E-state index is 12.4. The normalized spacial score (nSPS) is 10.5. The zero-order chi connectivity index (χ0) is 19.2. The first-order valence-electron chi connectivity index (χ1n) is 8.14. The fourth-order valence-electron chi connectivity index (χ4n) is 2.16. The second-order valence-electron chi connectivity index (χ2n) is 6.69. The molecular weight excluding hydrogens is 330 g/mol. The van der Waals surface area contributed by atoms with E-state index in [1.54, 1.807) is 69.3 Å². The number of hydrogen-bond acceptors (Lipinski definition) is 4. The molecule has 2 aromatic carbocycles. The highest BCUT2D eigenvalue weighted by molar-refractivity contribution is 6.05. The summed E-state index contributed by atoms with van der Waals surface area (Å²) in [6.07, 6.45) is -0.254. The molecule has 2 N–H and O–H groups in total. The highest BCUT2D eigenvalue weighted by atomic mass is 16.6. The summed E-state index contributed by atoms with van der Waals surface area (Å²) in [5.74, 6) is -0.300. The fourth-order valence-corrected chi connectivity index (χ4v) is 2.16. The Morgan fingerprint density at radius 1 is 1.04 bits per heavy atom. The van der Waals surface area contributed by atoms with Crippen LogP contribution in [-0.4, -0.2) is 17.6 Å². The molecule has 0 fully saturated rings. The van der Waals surface area contributed by atoms with E-state index in [0.29, 0.717) is 23.4 Å². The average molecular weight is 351 g/mol. The quantitative estimate of drug-likeness (QED) is 0.856. The molecule has 0 radical (unpaired) electrons. The van der Waals surface area contributed by atoms with Crippen molar-refractivity contribution in [3.63, 3.8) is 0 Å². The molecule has 2 rings (SSSR count). The van der Waals surface area contributed by atoms with E-state index < -0.39 is 11.7 Å². The topological polar surface area (TPSA) is 91.2 Å². The van der Waals surface area contributed by atoms with E-state index in [1.807, 2.05) is 0 Å². The standard InChI is InChI=1S/C20H21N3O3/c1-20(2,3)26-19(25)23-17-6-4-5-15(13-17)18(24)22-16-9-7-14(8-10-16)11-12-21/h4-10,13H,11H2,1-3H3,(H,22,24)(H,23,25). The van der Waals surface area contributed by atoms with Crippen LogP contribution < -0.4 is 10.6 Å². The average Bonchev–Trinajstić information content (AvgIpc) is 2.55. The van der Waals surface area contributed by atoms with Gasteiger partial charge in [0.25, 0.3) is 5.91 Å². The number of carbonyl (C=O) groups is 2. The lowest BCUT2D eigenvalue weighted by atomic mass is 10.1. The predicted molar refractivity (Wildman–Crippen MR) is 100 cm³/mol. The van der Waals surface area contributed by atoms with E-state index in [0.717, 1.165) is 5.56 Å². The molecule has 0 aromatic heterocycles. The minimum absolute atomic E-state index is 0.300. The molecule has 0 saturated carbocycles. The first-order chi connectivity index (χ1) is 12.3. The molecule has 2 amide bonds. The van der Waals surface area contributed by atoms with E-state index >= 15 is 0 Å². The molecule has 26 heavy (non-hydrogen) atoms. The van der Waals surface area contributed by atoms with Gasteiger partial charge >= 0.3 is 6.09 Å². The highest BCUT2D eigenvalue weighted by Gasteiger charge is 2.16. The van der Waals surface area contributed by atoms with Crippen molar-refractivity contribution in [3.8, 4) is 6.07 Å². The Balaban J connectivity index is 2.03. The number of nitrogens with zero attached hydrogens (tertiary/aromatic N) is 1. The molecule has 0 aliphatic heterocycles. The van der Waals surface area contributed by atoms with Gasteiger partial charge in [0.05, 0.1) is 12.5 Å². The van der Waals surface area contributed by atoms with Crippen molar-refractivity contribution in [1.29, 1.82) is 5.26 Å². The van der Waals surface area contributed by atoms with Gasteiger partial charge in [-0.1, -0.05) is 18.2 Å². The number of anilines is 2. The van der Waals surface area contributed by atoms with Gasteiger partial charge in [0, 0.05) is 16.9 Å². The molecule has 134 valence electrons. The number of ether oxygens (including phenoxy) is 1. The van der Waals surface area contributed by atoms with Crippen molar-refractivity contribution in [1.82, 2.24) is 0 Å². The number of benzene rings is 2. The number of rotatable bonds is 4. The Hall–Kier alpha value is -3.33. The molecule has 0 spiro atoms. The Morgan fingerprint density at radius 2 is 1.73 bits per heavy atom. The molecule has 6 nitrogen and oxygen atoms in total. The predicted octanol–water partition coefficient (Wildman–Crippen LogP) is 4.35. The van der Waals surface area contributed by atoms with E-state index in [-0.39, 0.29) is 5.91 Å². The summed E-state index contributed by atoms with van der Waals surface area (Å²) >= 11 is 0. The number of carbonyl (C=O) groups excluding carboxylic acids is 2. The number of amides is 2. The molecule has 0 unspecified atom stereocenters. The molecular formula is C20H21N3O3. The van der Waals surface area contributed by atoms with Crippen LogP contribution >= 0.6 is 0 Å². The summed E-state index contributed by atoms with van der Waals surface area (Å²) < 4.78 is 5.20. The van der Waals surface area contributed by atoms with Crippen LogP contribution in [0, 0.1) is 11.3 Å². The van der Waals surface area contributed by atoms with Crippen LogP contribution in [0.25, 0.3) is 0 Å². The van der Waals surface area contributed by atoms with Gasteiger partial charge in [0.2, 0.25) is 0 Å².